The zero-order valence-corrected chi connectivity index (χ0v) is 16.6. The van der Waals surface area contributed by atoms with Crippen molar-refractivity contribution < 1.29 is 0 Å². The molecule has 1 aliphatic rings. The van der Waals surface area contributed by atoms with Crippen molar-refractivity contribution in [2.75, 3.05) is 18.1 Å². The number of halogens is 1. The maximum atomic E-state index is 4.43. The fourth-order valence-electron chi connectivity index (χ4n) is 3.86. The predicted molar refractivity (Wildman–Crippen MR) is 119 cm³/mol. The Morgan fingerprint density at radius 3 is 2.96 bits per heavy atom. The van der Waals surface area contributed by atoms with Crippen molar-refractivity contribution in [2.45, 2.75) is 12.5 Å². The van der Waals surface area contributed by atoms with Crippen LogP contribution in [0.4, 0.5) is 0 Å². The van der Waals surface area contributed by atoms with Gasteiger partial charge in [0.15, 0.2) is 0 Å². The van der Waals surface area contributed by atoms with Crippen molar-refractivity contribution in [1.29, 1.82) is 0 Å². The number of hydrogen-bond acceptors (Lipinski definition) is 3. The molecule has 2 aromatic carbocycles. The molecule has 0 aliphatic carbocycles. The second-order valence-electron chi connectivity index (χ2n) is 6.85. The molecule has 5 heteroatoms. The summed E-state index contributed by atoms with van der Waals surface area (Å²) in [6.45, 7) is 1.12. The van der Waals surface area contributed by atoms with Gasteiger partial charge in [-0.3, -0.25) is 4.98 Å². The summed E-state index contributed by atoms with van der Waals surface area (Å²) >= 11 is 2.06. The van der Waals surface area contributed by atoms with Gasteiger partial charge in [0.05, 0.1) is 11.0 Å². The van der Waals surface area contributed by atoms with Crippen LogP contribution in [0.25, 0.3) is 27.5 Å². The second-order valence-corrected chi connectivity index (χ2v) is 8.00. The lowest BCUT2D eigenvalue weighted by molar-refractivity contribution is 0.564. The summed E-state index contributed by atoms with van der Waals surface area (Å²) in [5.74, 6) is 2.43. The van der Waals surface area contributed by atoms with E-state index in [1.807, 2.05) is 12.3 Å². The Morgan fingerprint density at radius 1 is 1.11 bits per heavy atom. The van der Waals surface area contributed by atoms with E-state index in [2.05, 4.69) is 81.4 Å². The number of benzene rings is 2. The minimum absolute atomic E-state index is 0. The van der Waals surface area contributed by atoms with Gasteiger partial charge in [-0.1, -0.05) is 18.2 Å². The summed E-state index contributed by atoms with van der Waals surface area (Å²) in [4.78, 5) is 4.43. The third-order valence-corrected chi connectivity index (χ3v) is 6.28. The van der Waals surface area contributed by atoms with Gasteiger partial charge in [0, 0.05) is 52.9 Å². The molecular weight excluding hydrogens is 374 g/mol. The van der Waals surface area contributed by atoms with Crippen molar-refractivity contribution in [3.63, 3.8) is 0 Å². The molecule has 0 radical (unpaired) electrons. The smallest absolute Gasteiger partial charge is 0.0703 e. The molecule has 0 saturated carbocycles. The van der Waals surface area contributed by atoms with Crippen LogP contribution in [0.5, 0.6) is 0 Å². The molecule has 1 N–H and O–H groups in total. The number of aromatic nitrogens is 2. The fourth-order valence-corrected chi connectivity index (χ4v) is 4.81. The first kappa shape index (κ1) is 18.4. The fraction of sp³-hybridized carbons (Fsp3) is 0.227. The summed E-state index contributed by atoms with van der Waals surface area (Å²) < 4.78 is 2.29. The first-order valence-electron chi connectivity index (χ1n) is 9.14. The van der Waals surface area contributed by atoms with Crippen molar-refractivity contribution >= 4 is 46.0 Å². The summed E-state index contributed by atoms with van der Waals surface area (Å²) in [5, 5.41) is 6.19. The van der Waals surface area contributed by atoms with Crippen LogP contribution in [0.1, 0.15) is 5.56 Å². The Morgan fingerprint density at radius 2 is 2.07 bits per heavy atom. The highest BCUT2D eigenvalue weighted by Gasteiger charge is 2.15. The molecule has 4 aromatic rings. The monoisotopic (exact) mass is 395 g/mol. The summed E-state index contributed by atoms with van der Waals surface area (Å²) in [5.41, 5.74) is 4.93. The summed E-state index contributed by atoms with van der Waals surface area (Å²) in [7, 11) is 0. The van der Waals surface area contributed by atoms with Crippen LogP contribution in [0.3, 0.4) is 0 Å². The highest BCUT2D eigenvalue weighted by atomic mass is 35.5. The van der Waals surface area contributed by atoms with Gasteiger partial charge in [0.25, 0.3) is 0 Å². The molecule has 3 heterocycles. The Bertz CT molecular complexity index is 1070. The van der Waals surface area contributed by atoms with Crippen LogP contribution in [-0.4, -0.2) is 33.6 Å². The van der Waals surface area contributed by atoms with Gasteiger partial charge in [-0.2, -0.15) is 11.8 Å². The van der Waals surface area contributed by atoms with Crippen LogP contribution < -0.4 is 5.32 Å². The molecule has 1 saturated heterocycles. The zero-order valence-electron chi connectivity index (χ0n) is 15.0. The van der Waals surface area contributed by atoms with E-state index in [1.165, 1.54) is 39.0 Å². The number of rotatable bonds is 3. The molecule has 1 unspecified atom stereocenters. The molecule has 1 aliphatic heterocycles. The average molecular weight is 396 g/mol. The third kappa shape index (κ3) is 3.57. The second kappa shape index (κ2) is 7.93. The van der Waals surface area contributed by atoms with E-state index in [-0.39, 0.29) is 12.4 Å². The molecule has 1 fully saturated rings. The number of nitrogens with zero attached hydrogens (tertiary/aromatic N) is 2. The van der Waals surface area contributed by atoms with Gasteiger partial charge in [-0.05, 0) is 48.4 Å². The molecule has 0 spiro atoms. The van der Waals surface area contributed by atoms with Crippen molar-refractivity contribution in [3.05, 3.63) is 72.6 Å². The van der Waals surface area contributed by atoms with E-state index in [1.54, 1.807) is 0 Å². The Kier molecular flexibility index (Phi) is 5.39. The van der Waals surface area contributed by atoms with Gasteiger partial charge < -0.3 is 9.88 Å². The SMILES string of the molecule is Cl.c1cnc2ccc(-n3ccc4c(CC5CSCCN5)cccc43)cc2c1. The highest BCUT2D eigenvalue weighted by Crippen LogP contribution is 2.27. The van der Waals surface area contributed by atoms with Crippen molar-refractivity contribution in [1.82, 2.24) is 14.9 Å². The van der Waals surface area contributed by atoms with Gasteiger partial charge in [0.2, 0.25) is 0 Å². The molecule has 0 amide bonds. The number of nitrogens with one attached hydrogen (secondary N) is 1. The van der Waals surface area contributed by atoms with Crippen LogP contribution in [0.15, 0.2) is 67.0 Å². The lowest BCUT2D eigenvalue weighted by Crippen LogP contribution is -2.38. The molecule has 27 heavy (non-hydrogen) atoms. The molecule has 138 valence electrons. The number of fused-ring (bicyclic) bond motifs is 2. The zero-order chi connectivity index (χ0) is 17.3. The van der Waals surface area contributed by atoms with Crippen molar-refractivity contribution in [3.8, 4) is 5.69 Å². The van der Waals surface area contributed by atoms with E-state index in [9.17, 15) is 0 Å². The van der Waals surface area contributed by atoms with Crippen LogP contribution >= 0.6 is 24.2 Å². The molecule has 3 nitrogen and oxygen atoms in total. The van der Waals surface area contributed by atoms with E-state index in [4.69, 9.17) is 0 Å². The molecule has 1 atom stereocenters. The minimum atomic E-state index is 0. The van der Waals surface area contributed by atoms with Gasteiger partial charge in [-0.15, -0.1) is 12.4 Å². The largest absolute Gasteiger partial charge is 0.317 e. The van der Waals surface area contributed by atoms with Crippen molar-refractivity contribution in [2.24, 2.45) is 0 Å². The van der Waals surface area contributed by atoms with Gasteiger partial charge >= 0.3 is 0 Å². The third-order valence-electron chi connectivity index (χ3n) is 5.15. The minimum Gasteiger partial charge on any atom is -0.317 e. The van der Waals surface area contributed by atoms with Crippen LogP contribution in [0, 0.1) is 0 Å². The summed E-state index contributed by atoms with van der Waals surface area (Å²) in [6.07, 6.45) is 5.13. The normalized spacial score (nSPS) is 17.1. The first-order valence-corrected chi connectivity index (χ1v) is 10.3. The Balaban J connectivity index is 0.00000180. The number of hydrogen-bond donors (Lipinski definition) is 1. The molecule has 2 aromatic heterocycles. The predicted octanol–water partition coefficient (Wildman–Crippen LogP) is 4.85. The Labute approximate surface area is 169 Å². The standard InChI is InChI=1S/C22H21N3S.ClH/c1-3-16(13-18-15-26-12-10-23-18)20-8-11-25(22(20)5-1)19-6-7-21-17(14-19)4-2-9-24-21;/h1-9,11,14,18,23H,10,12-13,15H2;1H. The maximum absolute atomic E-state index is 4.43. The average Bonchev–Trinajstić information content (AvgIpc) is 3.14. The maximum Gasteiger partial charge on any atom is 0.0703 e. The van der Waals surface area contributed by atoms with E-state index >= 15 is 0 Å². The van der Waals surface area contributed by atoms with Crippen LogP contribution in [-0.2, 0) is 6.42 Å². The molecule has 5 rings (SSSR count). The lowest BCUT2D eigenvalue weighted by Gasteiger charge is -2.23. The van der Waals surface area contributed by atoms with E-state index < -0.39 is 0 Å². The van der Waals surface area contributed by atoms with E-state index in [0.29, 0.717) is 6.04 Å². The van der Waals surface area contributed by atoms with Gasteiger partial charge in [0.1, 0.15) is 0 Å². The van der Waals surface area contributed by atoms with Gasteiger partial charge in [-0.25, -0.2) is 0 Å². The summed E-state index contributed by atoms with van der Waals surface area (Å²) in [6, 6.07) is 20.1. The number of pyridine rings is 1. The lowest BCUT2D eigenvalue weighted by atomic mass is 10.0. The van der Waals surface area contributed by atoms with E-state index in [0.717, 1.165) is 18.5 Å². The molecular formula is C22H22ClN3S. The Hall–Kier alpha value is -2.01. The first-order chi connectivity index (χ1) is 12.9. The number of thioether (sulfide) groups is 1. The highest BCUT2D eigenvalue weighted by molar-refractivity contribution is 7.99. The quantitative estimate of drug-likeness (QED) is 0.537. The molecule has 0 bridgehead atoms. The topological polar surface area (TPSA) is 29.9 Å². The van der Waals surface area contributed by atoms with Crippen LogP contribution in [0.2, 0.25) is 0 Å².